The molecular formula is C16H21NO. The highest BCUT2D eigenvalue weighted by Gasteiger charge is 2.17. The molecule has 18 heavy (non-hydrogen) atoms. The van der Waals surface area contributed by atoms with Crippen LogP contribution in [0.3, 0.4) is 0 Å². The fraction of sp³-hybridized carbons (Fsp3) is 0.438. The normalized spacial score (nSPS) is 16.6. The zero-order valence-electron chi connectivity index (χ0n) is 11.0. The molecule has 0 saturated heterocycles. The summed E-state index contributed by atoms with van der Waals surface area (Å²) < 4.78 is 0. The van der Waals surface area contributed by atoms with Gasteiger partial charge in [-0.1, -0.05) is 42.0 Å². The predicted molar refractivity (Wildman–Crippen MR) is 74.4 cm³/mol. The third-order valence-electron chi connectivity index (χ3n) is 3.50. The minimum atomic E-state index is 0.137. The Balaban J connectivity index is 1.83. The first kappa shape index (κ1) is 12.9. The fourth-order valence-electron chi connectivity index (χ4n) is 2.46. The molecule has 1 N–H and O–H groups in total. The number of carbonyl (C=O) groups excluding carboxylic acids is 1. The number of nitrogens with one attached hydrogen (secondary N) is 1. The summed E-state index contributed by atoms with van der Waals surface area (Å²) in [5.41, 5.74) is 3.61. The Morgan fingerprint density at radius 1 is 1.39 bits per heavy atom. The van der Waals surface area contributed by atoms with Crippen LogP contribution in [0.5, 0.6) is 0 Å². The van der Waals surface area contributed by atoms with E-state index in [0.29, 0.717) is 12.5 Å². The van der Waals surface area contributed by atoms with Crippen LogP contribution in [0.2, 0.25) is 0 Å². The summed E-state index contributed by atoms with van der Waals surface area (Å²) in [5.74, 6) is 0.137. The Hall–Kier alpha value is -1.57. The molecule has 2 rings (SSSR count). The van der Waals surface area contributed by atoms with Crippen LogP contribution in [0.4, 0.5) is 0 Å². The minimum absolute atomic E-state index is 0.137. The summed E-state index contributed by atoms with van der Waals surface area (Å²) in [4.78, 5) is 11.9. The molecule has 1 aliphatic carbocycles. The number of carbonyl (C=O) groups is 1. The Kier molecular flexibility index (Phi) is 4.19. The van der Waals surface area contributed by atoms with Crippen molar-refractivity contribution in [2.75, 3.05) is 0 Å². The zero-order valence-corrected chi connectivity index (χ0v) is 11.0. The molecule has 2 heteroatoms. The lowest BCUT2D eigenvalue weighted by Gasteiger charge is -2.24. The third-order valence-corrected chi connectivity index (χ3v) is 3.50. The number of amides is 1. The number of rotatable bonds is 3. The van der Waals surface area contributed by atoms with Crippen LogP contribution in [0, 0.1) is 6.92 Å². The van der Waals surface area contributed by atoms with Crippen LogP contribution in [-0.4, -0.2) is 11.9 Å². The lowest BCUT2D eigenvalue weighted by atomic mass is 9.92. The van der Waals surface area contributed by atoms with Gasteiger partial charge in [-0.2, -0.15) is 0 Å². The van der Waals surface area contributed by atoms with Crippen molar-refractivity contribution in [3.8, 4) is 0 Å². The van der Waals surface area contributed by atoms with Crippen molar-refractivity contribution in [3.05, 3.63) is 47.5 Å². The van der Waals surface area contributed by atoms with E-state index in [-0.39, 0.29) is 5.91 Å². The molecule has 0 aromatic heterocycles. The van der Waals surface area contributed by atoms with E-state index in [4.69, 9.17) is 0 Å². The highest BCUT2D eigenvalue weighted by atomic mass is 16.1. The molecule has 1 saturated carbocycles. The average Bonchev–Trinajstić information content (AvgIpc) is 2.32. The first-order chi connectivity index (χ1) is 8.63. The van der Waals surface area contributed by atoms with E-state index in [9.17, 15) is 4.79 Å². The Morgan fingerprint density at radius 3 is 2.78 bits per heavy atom. The molecule has 0 spiro atoms. The van der Waals surface area contributed by atoms with Gasteiger partial charge in [0.2, 0.25) is 5.91 Å². The van der Waals surface area contributed by atoms with E-state index >= 15 is 0 Å². The van der Waals surface area contributed by atoms with Gasteiger partial charge in [-0.25, -0.2) is 0 Å². The van der Waals surface area contributed by atoms with Gasteiger partial charge in [-0.3, -0.25) is 4.79 Å². The molecule has 1 amide bonds. The van der Waals surface area contributed by atoms with Crippen molar-refractivity contribution < 1.29 is 4.79 Å². The molecule has 0 unspecified atom stereocenters. The molecule has 0 atom stereocenters. The van der Waals surface area contributed by atoms with Gasteiger partial charge in [-0.15, -0.1) is 0 Å². The standard InChI is InChI=1S/C16H21NO/c1-12-6-8-15(9-7-12)17-16(18)11-14-5-3-4-13(2)10-14/h3-5,10,15H,1,6-9,11H2,2H3,(H,17,18). The van der Waals surface area contributed by atoms with E-state index in [1.54, 1.807) is 0 Å². The zero-order chi connectivity index (χ0) is 13.0. The van der Waals surface area contributed by atoms with Gasteiger partial charge in [0.15, 0.2) is 0 Å². The lowest BCUT2D eigenvalue weighted by Crippen LogP contribution is -2.37. The molecule has 0 aliphatic heterocycles. The van der Waals surface area contributed by atoms with Crippen molar-refractivity contribution in [2.24, 2.45) is 0 Å². The number of hydrogen-bond donors (Lipinski definition) is 1. The summed E-state index contributed by atoms with van der Waals surface area (Å²) in [7, 11) is 0. The van der Waals surface area contributed by atoms with Crippen LogP contribution in [0.25, 0.3) is 0 Å². The highest BCUT2D eigenvalue weighted by Crippen LogP contribution is 2.21. The molecule has 0 bridgehead atoms. The van der Waals surface area contributed by atoms with Gasteiger partial charge in [0.25, 0.3) is 0 Å². The highest BCUT2D eigenvalue weighted by molar-refractivity contribution is 5.78. The second kappa shape index (κ2) is 5.85. The molecule has 0 heterocycles. The predicted octanol–water partition coefficient (Wildman–Crippen LogP) is 3.15. The molecular weight excluding hydrogens is 222 g/mol. The first-order valence-corrected chi connectivity index (χ1v) is 6.65. The molecule has 0 radical (unpaired) electrons. The van der Waals surface area contributed by atoms with Crippen molar-refractivity contribution in [1.29, 1.82) is 0 Å². The molecule has 2 nitrogen and oxygen atoms in total. The van der Waals surface area contributed by atoms with Crippen molar-refractivity contribution in [2.45, 2.75) is 45.1 Å². The van der Waals surface area contributed by atoms with Gasteiger partial charge in [0, 0.05) is 6.04 Å². The van der Waals surface area contributed by atoms with Crippen molar-refractivity contribution >= 4 is 5.91 Å². The topological polar surface area (TPSA) is 29.1 Å². The van der Waals surface area contributed by atoms with Crippen molar-refractivity contribution in [1.82, 2.24) is 5.32 Å². The molecule has 96 valence electrons. The van der Waals surface area contributed by atoms with Gasteiger partial charge in [0.05, 0.1) is 6.42 Å². The quantitative estimate of drug-likeness (QED) is 0.812. The van der Waals surface area contributed by atoms with Crippen LogP contribution < -0.4 is 5.32 Å². The van der Waals surface area contributed by atoms with Gasteiger partial charge in [0.1, 0.15) is 0 Å². The van der Waals surface area contributed by atoms with E-state index in [2.05, 4.69) is 18.0 Å². The lowest BCUT2D eigenvalue weighted by molar-refractivity contribution is -0.121. The van der Waals surface area contributed by atoms with Crippen LogP contribution >= 0.6 is 0 Å². The minimum Gasteiger partial charge on any atom is -0.353 e. The molecule has 1 aromatic carbocycles. The fourth-order valence-corrected chi connectivity index (χ4v) is 2.46. The first-order valence-electron chi connectivity index (χ1n) is 6.65. The summed E-state index contributed by atoms with van der Waals surface area (Å²) in [5, 5.41) is 3.13. The maximum absolute atomic E-state index is 11.9. The number of allylic oxidation sites excluding steroid dienone is 1. The summed E-state index contributed by atoms with van der Waals surface area (Å²) >= 11 is 0. The van der Waals surface area contributed by atoms with E-state index in [1.807, 2.05) is 25.1 Å². The smallest absolute Gasteiger partial charge is 0.224 e. The number of hydrogen-bond acceptors (Lipinski definition) is 1. The molecule has 1 aromatic rings. The molecule has 1 fully saturated rings. The Morgan fingerprint density at radius 2 is 2.11 bits per heavy atom. The van der Waals surface area contributed by atoms with Gasteiger partial charge in [-0.05, 0) is 38.2 Å². The van der Waals surface area contributed by atoms with Crippen LogP contribution in [-0.2, 0) is 11.2 Å². The summed E-state index contributed by atoms with van der Waals surface area (Å²) in [6.45, 7) is 6.04. The number of benzene rings is 1. The average molecular weight is 243 g/mol. The maximum Gasteiger partial charge on any atom is 0.224 e. The second-order valence-electron chi connectivity index (χ2n) is 5.26. The van der Waals surface area contributed by atoms with E-state index < -0.39 is 0 Å². The monoisotopic (exact) mass is 243 g/mol. The van der Waals surface area contributed by atoms with Gasteiger partial charge >= 0.3 is 0 Å². The Labute approximate surface area is 109 Å². The second-order valence-corrected chi connectivity index (χ2v) is 5.26. The van der Waals surface area contributed by atoms with E-state index in [1.165, 1.54) is 11.1 Å². The van der Waals surface area contributed by atoms with E-state index in [0.717, 1.165) is 31.2 Å². The van der Waals surface area contributed by atoms with Gasteiger partial charge < -0.3 is 5.32 Å². The van der Waals surface area contributed by atoms with Crippen LogP contribution in [0.15, 0.2) is 36.4 Å². The third kappa shape index (κ3) is 3.73. The van der Waals surface area contributed by atoms with Crippen LogP contribution in [0.1, 0.15) is 36.8 Å². The summed E-state index contributed by atoms with van der Waals surface area (Å²) in [6.07, 6.45) is 4.67. The SMILES string of the molecule is C=C1CCC(NC(=O)Cc2cccc(C)c2)CC1. The summed E-state index contributed by atoms with van der Waals surface area (Å²) in [6, 6.07) is 8.47. The van der Waals surface area contributed by atoms with Crippen molar-refractivity contribution in [3.63, 3.8) is 0 Å². The Bertz CT molecular complexity index is 440. The molecule has 1 aliphatic rings. The number of aryl methyl sites for hydroxylation is 1. The largest absolute Gasteiger partial charge is 0.353 e. The maximum atomic E-state index is 11.9.